The first kappa shape index (κ1) is 14.3. The van der Waals surface area contributed by atoms with Gasteiger partial charge in [-0.15, -0.1) is 11.3 Å². The molecule has 0 spiro atoms. The molecule has 1 nitrogen and oxygen atoms in total. The molecular weight excluding hydrogens is 374 g/mol. The summed E-state index contributed by atoms with van der Waals surface area (Å²) in [5.74, 6) is 0. The number of nitrogens with one attached hydrogen (secondary N) is 1. The highest BCUT2D eigenvalue weighted by Gasteiger charge is 2.14. The molecule has 1 unspecified atom stereocenters. The topological polar surface area (TPSA) is 12.0 Å². The number of hydrogen-bond acceptors (Lipinski definition) is 2. The standard InChI is InChI=1S/C14H15Br2NS/c1-9(11-4-3-5-12(15)8-11)17-10(2)14-13(16)6-7-18-14/h3-10,17H,1-2H3/t9-,10?/m0/s1. The molecule has 0 radical (unpaired) electrons. The van der Waals surface area contributed by atoms with E-state index >= 15 is 0 Å². The van der Waals surface area contributed by atoms with Gasteiger partial charge in [0.2, 0.25) is 0 Å². The Balaban J connectivity index is 2.08. The second-order valence-corrected chi connectivity index (χ2v) is 7.02. The quantitative estimate of drug-likeness (QED) is 0.709. The zero-order valence-electron chi connectivity index (χ0n) is 10.3. The molecule has 2 rings (SSSR count). The van der Waals surface area contributed by atoms with Gasteiger partial charge in [-0.05, 0) is 58.9 Å². The van der Waals surface area contributed by atoms with Crippen molar-refractivity contribution in [3.05, 3.63) is 55.1 Å². The van der Waals surface area contributed by atoms with Gasteiger partial charge in [0.1, 0.15) is 0 Å². The molecule has 2 aromatic rings. The molecule has 1 heterocycles. The molecule has 2 atom stereocenters. The largest absolute Gasteiger partial charge is 0.303 e. The molecule has 18 heavy (non-hydrogen) atoms. The number of rotatable bonds is 4. The molecule has 0 amide bonds. The SMILES string of the molecule is CC(N[C@@H](C)c1cccc(Br)c1)c1sccc1Br. The first-order chi connectivity index (χ1) is 8.58. The fraction of sp³-hybridized carbons (Fsp3) is 0.286. The maximum Gasteiger partial charge on any atom is 0.0402 e. The smallest absolute Gasteiger partial charge is 0.0402 e. The summed E-state index contributed by atoms with van der Waals surface area (Å²) in [6.07, 6.45) is 0. The minimum absolute atomic E-state index is 0.325. The summed E-state index contributed by atoms with van der Waals surface area (Å²) in [4.78, 5) is 1.34. The minimum Gasteiger partial charge on any atom is -0.303 e. The van der Waals surface area contributed by atoms with Crippen molar-refractivity contribution in [2.45, 2.75) is 25.9 Å². The average molecular weight is 389 g/mol. The Kier molecular flexibility index (Phi) is 5.01. The van der Waals surface area contributed by atoms with Crippen LogP contribution in [0, 0.1) is 0 Å². The van der Waals surface area contributed by atoms with Gasteiger partial charge in [-0.25, -0.2) is 0 Å². The lowest BCUT2D eigenvalue weighted by Gasteiger charge is -2.20. The number of halogens is 2. The van der Waals surface area contributed by atoms with Crippen LogP contribution in [-0.4, -0.2) is 0 Å². The van der Waals surface area contributed by atoms with E-state index < -0.39 is 0 Å². The highest BCUT2D eigenvalue weighted by Crippen LogP contribution is 2.30. The Bertz CT molecular complexity index is 524. The molecular formula is C14H15Br2NS. The molecule has 0 aliphatic rings. The van der Waals surface area contributed by atoms with Crippen LogP contribution in [-0.2, 0) is 0 Å². The second kappa shape index (κ2) is 6.33. The lowest BCUT2D eigenvalue weighted by Crippen LogP contribution is -2.22. The van der Waals surface area contributed by atoms with Gasteiger partial charge in [0.05, 0.1) is 0 Å². The lowest BCUT2D eigenvalue weighted by atomic mass is 10.1. The van der Waals surface area contributed by atoms with Crippen molar-refractivity contribution in [2.75, 3.05) is 0 Å². The summed E-state index contributed by atoms with van der Waals surface area (Å²) < 4.78 is 2.31. The highest BCUT2D eigenvalue weighted by atomic mass is 79.9. The van der Waals surface area contributed by atoms with Crippen LogP contribution in [0.1, 0.15) is 36.4 Å². The van der Waals surface area contributed by atoms with E-state index in [-0.39, 0.29) is 0 Å². The number of thiophene rings is 1. The van der Waals surface area contributed by atoms with Gasteiger partial charge in [-0.3, -0.25) is 0 Å². The van der Waals surface area contributed by atoms with Crippen LogP contribution in [0.3, 0.4) is 0 Å². The van der Waals surface area contributed by atoms with Crippen LogP contribution < -0.4 is 5.32 Å². The first-order valence-electron chi connectivity index (χ1n) is 5.82. The minimum atomic E-state index is 0.325. The van der Waals surface area contributed by atoms with Crippen LogP contribution in [0.15, 0.2) is 44.7 Å². The van der Waals surface area contributed by atoms with Crippen LogP contribution in [0.4, 0.5) is 0 Å². The lowest BCUT2D eigenvalue weighted by molar-refractivity contribution is 0.499. The zero-order valence-corrected chi connectivity index (χ0v) is 14.3. The van der Waals surface area contributed by atoms with Gasteiger partial charge in [0.15, 0.2) is 0 Å². The molecule has 1 aromatic carbocycles. The molecule has 0 aliphatic heterocycles. The van der Waals surface area contributed by atoms with Crippen LogP contribution in [0.25, 0.3) is 0 Å². The van der Waals surface area contributed by atoms with Crippen molar-refractivity contribution in [3.63, 3.8) is 0 Å². The van der Waals surface area contributed by atoms with E-state index in [1.54, 1.807) is 11.3 Å². The Labute approximate surface area is 129 Å². The van der Waals surface area contributed by atoms with E-state index in [2.05, 4.69) is 86.7 Å². The van der Waals surface area contributed by atoms with E-state index in [4.69, 9.17) is 0 Å². The van der Waals surface area contributed by atoms with E-state index in [1.165, 1.54) is 14.9 Å². The summed E-state index contributed by atoms with van der Waals surface area (Å²) in [6.45, 7) is 4.39. The monoisotopic (exact) mass is 387 g/mol. The third kappa shape index (κ3) is 3.44. The third-order valence-corrected chi connectivity index (χ3v) is 5.43. The Morgan fingerprint density at radius 1 is 1.11 bits per heavy atom. The Hall–Kier alpha value is -0.160. The molecule has 0 aliphatic carbocycles. The van der Waals surface area contributed by atoms with E-state index in [1.807, 2.05) is 0 Å². The zero-order chi connectivity index (χ0) is 13.1. The maximum atomic E-state index is 3.63. The average Bonchev–Trinajstić information content (AvgIpc) is 2.75. The van der Waals surface area contributed by atoms with Crippen molar-refractivity contribution in [1.82, 2.24) is 5.32 Å². The normalized spacial score (nSPS) is 14.4. The fourth-order valence-electron chi connectivity index (χ4n) is 1.94. The summed E-state index contributed by atoms with van der Waals surface area (Å²) >= 11 is 8.88. The highest BCUT2D eigenvalue weighted by molar-refractivity contribution is 9.10. The van der Waals surface area contributed by atoms with Gasteiger partial charge in [0.25, 0.3) is 0 Å². The van der Waals surface area contributed by atoms with E-state index in [9.17, 15) is 0 Å². The summed E-state index contributed by atoms with van der Waals surface area (Å²) in [5, 5.41) is 5.74. The van der Waals surface area contributed by atoms with Gasteiger partial charge < -0.3 is 5.32 Å². The molecule has 0 fully saturated rings. The third-order valence-electron chi connectivity index (χ3n) is 2.89. The molecule has 0 saturated heterocycles. The van der Waals surface area contributed by atoms with Gasteiger partial charge in [-0.2, -0.15) is 0 Å². The van der Waals surface area contributed by atoms with E-state index in [0.29, 0.717) is 12.1 Å². The predicted molar refractivity (Wildman–Crippen MR) is 86.1 cm³/mol. The fourth-order valence-corrected chi connectivity index (χ4v) is 4.09. The first-order valence-corrected chi connectivity index (χ1v) is 8.29. The van der Waals surface area contributed by atoms with Crippen LogP contribution >= 0.6 is 43.2 Å². The summed E-state index contributed by atoms with van der Waals surface area (Å²) in [5.41, 5.74) is 1.30. The van der Waals surface area contributed by atoms with Gasteiger partial charge >= 0.3 is 0 Å². The molecule has 4 heteroatoms. The van der Waals surface area contributed by atoms with Crippen molar-refractivity contribution in [2.24, 2.45) is 0 Å². The molecule has 1 aromatic heterocycles. The second-order valence-electron chi connectivity index (χ2n) is 4.30. The maximum absolute atomic E-state index is 3.63. The van der Waals surface area contributed by atoms with Crippen molar-refractivity contribution >= 4 is 43.2 Å². The van der Waals surface area contributed by atoms with Crippen molar-refractivity contribution in [1.29, 1.82) is 0 Å². The van der Waals surface area contributed by atoms with Crippen molar-refractivity contribution < 1.29 is 0 Å². The summed E-state index contributed by atoms with van der Waals surface area (Å²) in [6, 6.07) is 11.2. The number of hydrogen-bond donors (Lipinski definition) is 1. The van der Waals surface area contributed by atoms with Crippen LogP contribution in [0.5, 0.6) is 0 Å². The molecule has 96 valence electrons. The number of benzene rings is 1. The molecule has 0 bridgehead atoms. The molecule has 0 saturated carbocycles. The van der Waals surface area contributed by atoms with Gasteiger partial charge in [0, 0.05) is 25.9 Å². The Morgan fingerprint density at radius 2 is 1.89 bits per heavy atom. The van der Waals surface area contributed by atoms with E-state index in [0.717, 1.165) is 4.47 Å². The molecule has 1 N–H and O–H groups in total. The predicted octanol–water partition coefficient (Wildman–Crippen LogP) is 5.68. The van der Waals surface area contributed by atoms with Crippen LogP contribution in [0.2, 0.25) is 0 Å². The van der Waals surface area contributed by atoms with Crippen molar-refractivity contribution in [3.8, 4) is 0 Å². The summed E-state index contributed by atoms with van der Waals surface area (Å²) in [7, 11) is 0. The Morgan fingerprint density at radius 3 is 2.50 bits per heavy atom. The van der Waals surface area contributed by atoms with Gasteiger partial charge in [-0.1, -0.05) is 28.1 Å².